The topological polar surface area (TPSA) is 64.3 Å². The summed E-state index contributed by atoms with van der Waals surface area (Å²) >= 11 is 0. The minimum absolute atomic E-state index is 0.0719. The average Bonchev–Trinajstić information content (AvgIpc) is 2.44. The summed E-state index contributed by atoms with van der Waals surface area (Å²) in [5, 5.41) is 2.70. The van der Waals surface area contributed by atoms with Gasteiger partial charge in [0.1, 0.15) is 0 Å². The number of ether oxygens (including phenoxy) is 1. The standard InChI is InChI=1S/C14H21FN2O2/c1-3-14(16,4-2)10-17-13(18)9-19-12-8-6-5-7-11(12)15/h5-8H,3-4,9-10,16H2,1-2H3,(H,17,18). The molecular formula is C14H21FN2O2. The highest BCUT2D eigenvalue weighted by atomic mass is 19.1. The number of halogens is 1. The van der Waals surface area contributed by atoms with Crippen molar-refractivity contribution < 1.29 is 13.9 Å². The van der Waals surface area contributed by atoms with Crippen LogP contribution in [-0.2, 0) is 4.79 Å². The number of hydrogen-bond acceptors (Lipinski definition) is 3. The van der Waals surface area contributed by atoms with E-state index < -0.39 is 11.4 Å². The normalized spacial score (nSPS) is 11.2. The van der Waals surface area contributed by atoms with E-state index in [0.717, 1.165) is 12.8 Å². The van der Waals surface area contributed by atoms with Gasteiger partial charge < -0.3 is 15.8 Å². The van der Waals surface area contributed by atoms with Gasteiger partial charge in [-0.25, -0.2) is 4.39 Å². The molecule has 0 aromatic heterocycles. The van der Waals surface area contributed by atoms with E-state index in [-0.39, 0.29) is 18.3 Å². The molecular weight excluding hydrogens is 247 g/mol. The molecule has 0 heterocycles. The maximum Gasteiger partial charge on any atom is 0.258 e. The zero-order valence-corrected chi connectivity index (χ0v) is 11.4. The molecule has 1 rings (SSSR count). The van der Waals surface area contributed by atoms with Gasteiger partial charge in [0.05, 0.1) is 0 Å². The van der Waals surface area contributed by atoms with Gasteiger partial charge in [-0.2, -0.15) is 0 Å². The number of para-hydroxylation sites is 1. The molecule has 0 radical (unpaired) electrons. The molecule has 1 aromatic rings. The summed E-state index contributed by atoms with van der Waals surface area (Å²) in [4.78, 5) is 11.6. The fraction of sp³-hybridized carbons (Fsp3) is 0.500. The Morgan fingerprint density at radius 2 is 2.00 bits per heavy atom. The SMILES string of the molecule is CCC(N)(CC)CNC(=O)COc1ccccc1F. The quantitative estimate of drug-likeness (QED) is 0.793. The highest BCUT2D eigenvalue weighted by molar-refractivity contribution is 5.77. The smallest absolute Gasteiger partial charge is 0.258 e. The molecule has 0 atom stereocenters. The lowest BCUT2D eigenvalue weighted by Crippen LogP contribution is -2.50. The molecule has 1 aromatic carbocycles. The molecule has 0 saturated heterocycles. The molecule has 106 valence electrons. The second-order valence-corrected chi connectivity index (χ2v) is 4.57. The van der Waals surface area contributed by atoms with Crippen LogP contribution in [0, 0.1) is 5.82 Å². The van der Waals surface area contributed by atoms with E-state index in [1.807, 2.05) is 13.8 Å². The highest BCUT2D eigenvalue weighted by Crippen LogP contribution is 2.15. The van der Waals surface area contributed by atoms with Crippen LogP contribution in [0.2, 0.25) is 0 Å². The van der Waals surface area contributed by atoms with Crippen molar-refractivity contribution in [2.45, 2.75) is 32.2 Å². The summed E-state index contributed by atoms with van der Waals surface area (Å²) in [6, 6.07) is 5.98. The number of nitrogens with one attached hydrogen (secondary N) is 1. The third-order valence-corrected chi connectivity index (χ3v) is 3.24. The van der Waals surface area contributed by atoms with Gasteiger partial charge in [0.25, 0.3) is 5.91 Å². The Bertz CT molecular complexity index is 420. The van der Waals surface area contributed by atoms with Crippen LogP contribution in [0.25, 0.3) is 0 Å². The van der Waals surface area contributed by atoms with Crippen LogP contribution in [0.1, 0.15) is 26.7 Å². The number of hydrogen-bond donors (Lipinski definition) is 2. The van der Waals surface area contributed by atoms with Gasteiger partial charge in [-0.3, -0.25) is 4.79 Å². The number of amides is 1. The van der Waals surface area contributed by atoms with Gasteiger partial charge in [0.2, 0.25) is 0 Å². The van der Waals surface area contributed by atoms with Crippen LogP contribution in [-0.4, -0.2) is 24.6 Å². The lowest BCUT2D eigenvalue weighted by Gasteiger charge is -2.26. The van der Waals surface area contributed by atoms with Gasteiger partial charge in [-0.1, -0.05) is 26.0 Å². The first kappa shape index (κ1) is 15.4. The molecule has 0 aliphatic carbocycles. The van der Waals surface area contributed by atoms with Crippen molar-refractivity contribution in [3.63, 3.8) is 0 Å². The monoisotopic (exact) mass is 268 g/mol. The third-order valence-electron chi connectivity index (χ3n) is 3.24. The Labute approximate surface area is 113 Å². The van der Waals surface area contributed by atoms with Crippen LogP contribution < -0.4 is 15.8 Å². The Morgan fingerprint density at radius 1 is 1.37 bits per heavy atom. The lowest BCUT2D eigenvalue weighted by molar-refractivity contribution is -0.123. The van der Waals surface area contributed by atoms with Crippen molar-refractivity contribution in [3.05, 3.63) is 30.1 Å². The molecule has 0 aliphatic heterocycles. The van der Waals surface area contributed by atoms with Gasteiger partial charge in [0, 0.05) is 12.1 Å². The van der Waals surface area contributed by atoms with Crippen LogP contribution in [0.4, 0.5) is 4.39 Å². The van der Waals surface area contributed by atoms with Crippen molar-refractivity contribution in [2.24, 2.45) is 5.73 Å². The van der Waals surface area contributed by atoms with Gasteiger partial charge in [-0.15, -0.1) is 0 Å². The first-order valence-electron chi connectivity index (χ1n) is 6.43. The number of carbonyl (C=O) groups excluding carboxylic acids is 1. The molecule has 5 heteroatoms. The van der Waals surface area contributed by atoms with Crippen molar-refractivity contribution >= 4 is 5.91 Å². The number of rotatable bonds is 7. The summed E-state index contributed by atoms with van der Waals surface area (Å²) in [7, 11) is 0. The van der Waals surface area contributed by atoms with Crippen LogP contribution in [0.5, 0.6) is 5.75 Å². The molecule has 4 nitrogen and oxygen atoms in total. The fourth-order valence-corrected chi connectivity index (χ4v) is 1.53. The Balaban J connectivity index is 2.39. The van der Waals surface area contributed by atoms with Gasteiger partial charge in [0.15, 0.2) is 18.2 Å². The summed E-state index contributed by atoms with van der Waals surface area (Å²) < 4.78 is 18.4. The van der Waals surface area contributed by atoms with E-state index in [4.69, 9.17) is 10.5 Å². The maximum atomic E-state index is 13.2. The first-order valence-corrected chi connectivity index (χ1v) is 6.43. The number of benzene rings is 1. The Morgan fingerprint density at radius 3 is 2.58 bits per heavy atom. The third kappa shape index (κ3) is 4.87. The lowest BCUT2D eigenvalue weighted by atomic mass is 9.94. The summed E-state index contributed by atoms with van der Waals surface area (Å²) in [5.74, 6) is -0.715. The molecule has 1 amide bonds. The zero-order valence-electron chi connectivity index (χ0n) is 11.4. The van der Waals surface area contributed by atoms with Crippen molar-refractivity contribution in [1.82, 2.24) is 5.32 Å². The van der Waals surface area contributed by atoms with E-state index in [1.165, 1.54) is 12.1 Å². The molecule has 0 aliphatic rings. The molecule has 0 fully saturated rings. The van der Waals surface area contributed by atoms with E-state index in [1.54, 1.807) is 12.1 Å². The van der Waals surface area contributed by atoms with Crippen LogP contribution in [0.3, 0.4) is 0 Å². The molecule has 0 saturated carbocycles. The number of carbonyl (C=O) groups is 1. The second-order valence-electron chi connectivity index (χ2n) is 4.57. The minimum Gasteiger partial charge on any atom is -0.481 e. The predicted octanol–water partition coefficient (Wildman–Crippen LogP) is 1.84. The van der Waals surface area contributed by atoms with Crippen molar-refractivity contribution in [2.75, 3.05) is 13.2 Å². The fourth-order valence-electron chi connectivity index (χ4n) is 1.53. The summed E-state index contributed by atoms with van der Waals surface area (Å²) in [5.41, 5.74) is 5.67. The molecule has 0 spiro atoms. The van der Waals surface area contributed by atoms with Gasteiger partial charge in [-0.05, 0) is 25.0 Å². The van der Waals surface area contributed by atoms with Crippen LogP contribution >= 0.6 is 0 Å². The molecule has 0 unspecified atom stereocenters. The van der Waals surface area contributed by atoms with Crippen molar-refractivity contribution in [3.8, 4) is 5.75 Å². The van der Waals surface area contributed by atoms with E-state index >= 15 is 0 Å². The highest BCUT2D eigenvalue weighted by Gasteiger charge is 2.20. The summed E-state index contributed by atoms with van der Waals surface area (Å²) in [6.45, 7) is 4.13. The zero-order chi connectivity index (χ0) is 14.3. The molecule has 0 bridgehead atoms. The first-order chi connectivity index (χ1) is 9.00. The molecule has 3 N–H and O–H groups in total. The predicted molar refractivity (Wildman–Crippen MR) is 72.4 cm³/mol. The maximum absolute atomic E-state index is 13.2. The average molecular weight is 268 g/mol. The largest absolute Gasteiger partial charge is 0.481 e. The Kier molecular flexibility index (Phi) is 5.76. The van der Waals surface area contributed by atoms with Crippen molar-refractivity contribution in [1.29, 1.82) is 0 Å². The summed E-state index contributed by atoms with van der Waals surface area (Å²) in [6.07, 6.45) is 1.55. The van der Waals surface area contributed by atoms with E-state index in [2.05, 4.69) is 5.32 Å². The second kappa shape index (κ2) is 7.09. The van der Waals surface area contributed by atoms with Gasteiger partial charge >= 0.3 is 0 Å². The van der Waals surface area contributed by atoms with E-state index in [9.17, 15) is 9.18 Å². The van der Waals surface area contributed by atoms with Crippen LogP contribution in [0.15, 0.2) is 24.3 Å². The number of nitrogens with two attached hydrogens (primary N) is 1. The van der Waals surface area contributed by atoms with E-state index in [0.29, 0.717) is 6.54 Å². The molecule has 19 heavy (non-hydrogen) atoms. The Hall–Kier alpha value is -1.62. The minimum atomic E-state index is -0.481.